The van der Waals surface area contributed by atoms with E-state index in [1.165, 1.54) is 30.4 Å². The molecule has 0 aliphatic carbocycles. The van der Waals surface area contributed by atoms with Crippen molar-refractivity contribution in [1.29, 1.82) is 0 Å². The lowest BCUT2D eigenvalue weighted by molar-refractivity contribution is -0.125. The third-order valence-corrected chi connectivity index (χ3v) is 6.17. The highest BCUT2D eigenvalue weighted by Crippen LogP contribution is 2.21. The molecule has 0 spiro atoms. The number of nitrogens with one attached hydrogen (secondary N) is 2. The predicted molar refractivity (Wildman–Crippen MR) is 119 cm³/mol. The van der Waals surface area contributed by atoms with E-state index in [1.54, 1.807) is 17.5 Å². The molecule has 1 amide bonds. The van der Waals surface area contributed by atoms with Gasteiger partial charge < -0.3 is 10.3 Å². The summed E-state index contributed by atoms with van der Waals surface area (Å²) in [6.45, 7) is 1.50. The van der Waals surface area contributed by atoms with Gasteiger partial charge in [-0.25, -0.2) is 22.5 Å². The number of halogens is 3. The molecule has 6 nitrogen and oxygen atoms in total. The number of hydrogen-bond acceptors (Lipinski definition) is 4. The molecule has 0 bridgehead atoms. The van der Waals surface area contributed by atoms with E-state index in [4.69, 9.17) is 0 Å². The number of amides is 1. The first-order chi connectivity index (χ1) is 15.7. The SMILES string of the molecule is C[C@H](NC(=O)[C@H](Cc1cccs1)n1c(=O)[nH]c2ccc(F)cc2c1=O)c1ccc(F)cc1F. The van der Waals surface area contributed by atoms with Gasteiger partial charge in [0.15, 0.2) is 0 Å². The summed E-state index contributed by atoms with van der Waals surface area (Å²) >= 11 is 1.33. The van der Waals surface area contributed by atoms with Gasteiger partial charge in [0.05, 0.1) is 16.9 Å². The molecular formula is C23H18F3N3O3S. The van der Waals surface area contributed by atoms with Gasteiger partial charge in [-0.2, -0.15) is 0 Å². The second kappa shape index (κ2) is 9.07. The summed E-state index contributed by atoms with van der Waals surface area (Å²) in [6, 6.07) is 7.67. The molecule has 0 saturated carbocycles. The zero-order chi connectivity index (χ0) is 23.7. The maximum Gasteiger partial charge on any atom is 0.329 e. The molecule has 33 heavy (non-hydrogen) atoms. The molecule has 170 valence electrons. The molecule has 2 heterocycles. The summed E-state index contributed by atoms with van der Waals surface area (Å²) in [5.41, 5.74) is -1.48. The Balaban J connectivity index is 1.76. The van der Waals surface area contributed by atoms with Crippen LogP contribution >= 0.6 is 11.3 Å². The molecule has 0 unspecified atom stereocenters. The lowest BCUT2D eigenvalue weighted by Crippen LogP contribution is -2.46. The molecule has 0 aliphatic heterocycles. The van der Waals surface area contributed by atoms with E-state index >= 15 is 0 Å². The first-order valence-electron chi connectivity index (χ1n) is 9.96. The average molecular weight is 473 g/mol. The van der Waals surface area contributed by atoms with Crippen molar-refractivity contribution in [3.63, 3.8) is 0 Å². The number of aromatic nitrogens is 2. The monoisotopic (exact) mass is 473 g/mol. The lowest BCUT2D eigenvalue weighted by atomic mass is 10.1. The summed E-state index contributed by atoms with van der Waals surface area (Å²) in [7, 11) is 0. The van der Waals surface area contributed by atoms with Crippen LogP contribution in [0.1, 0.15) is 29.4 Å². The van der Waals surface area contributed by atoms with E-state index in [0.717, 1.165) is 27.6 Å². The standard InChI is InChI=1S/C23H18F3N3O3S/c1-12(16-6-4-14(25)10-18(16)26)27-21(30)20(11-15-3-2-8-33-15)29-22(31)17-9-13(24)5-7-19(17)28-23(29)32/h2-10,12,20H,11H2,1H3,(H,27,30)(H,28,32)/t12-,20-/m0/s1. The number of carbonyl (C=O) groups excluding carboxylic acids is 1. The number of H-pyrrole nitrogens is 1. The molecule has 2 atom stereocenters. The predicted octanol–water partition coefficient (Wildman–Crippen LogP) is 3.83. The van der Waals surface area contributed by atoms with Gasteiger partial charge in [-0.05, 0) is 42.6 Å². The van der Waals surface area contributed by atoms with Crippen molar-refractivity contribution >= 4 is 28.1 Å². The average Bonchev–Trinajstić information content (AvgIpc) is 3.26. The molecule has 2 N–H and O–H groups in total. The van der Waals surface area contributed by atoms with Crippen LogP contribution in [0.5, 0.6) is 0 Å². The van der Waals surface area contributed by atoms with Gasteiger partial charge in [0.2, 0.25) is 5.91 Å². The third kappa shape index (κ3) is 4.61. The van der Waals surface area contributed by atoms with Crippen molar-refractivity contribution < 1.29 is 18.0 Å². The number of hydrogen-bond donors (Lipinski definition) is 2. The van der Waals surface area contributed by atoms with Gasteiger partial charge in [0, 0.05) is 22.9 Å². The van der Waals surface area contributed by atoms with Crippen LogP contribution in [-0.2, 0) is 11.2 Å². The molecule has 0 radical (unpaired) electrons. The quantitative estimate of drug-likeness (QED) is 0.447. The van der Waals surface area contributed by atoms with Crippen LogP contribution in [0.4, 0.5) is 13.2 Å². The first-order valence-corrected chi connectivity index (χ1v) is 10.8. The van der Waals surface area contributed by atoms with E-state index in [1.807, 2.05) is 0 Å². The van der Waals surface area contributed by atoms with Crippen LogP contribution in [0.2, 0.25) is 0 Å². The summed E-state index contributed by atoms with van der Waals surface area (Å²) < 4.78 is 41.9. The van der Waals surface area contributed by atoms with Gasteiger partial charge in [0.1, 0.15) is 23.5 Å². The highest BCUT2D eigenvalue weighted by molar-refractivity contribution is 7.09. The van der Waals surface area contributed by atoms with Crippen LogP contribution in [-0.4, -0.2) is 15.5 Å². The van der Waals surface area contributed by atoms with Crippen molar-refractivity contribution in [1.82, 2.24) is 14.9 Å². The summed E-state index contributed by atoms with van der Waals surface area (Å²) in [6.07, 6.45) is 0.00588. The van der Waals surface area contributed by atoms with Gasteiger partial charge in [-0.3, -0.25) is 9.59 Å². The van der Waals surface area contributed by atoms with Gasteiger partial charge in [0.25, 0.3) is 5.56 Å². The van der Waals surface area contributed by atoms with Crippen molar-refractivity contribution in [2.75, 3.05) is 0 Å². The van der Waals surface area contributed by atoms with Crippen molar-refractivity contribution in [3.8, 4) is 0 Å². The molecule has 0 saturated heterocycles. The number of thiophene rings is 1. The minimum Gasteiger partial charge on any atom is -0.348 e. The maximum atomic E-state index is 14.2. The van der Waals surface area contributed by atoms with E-state index in [2.05, 4.69) is 10.3 Å². The maximum absolute atomic E-state index is 14.2. The second-order valence-electron chi connectivity index (χ2n) is 7.49. The van der Waals surface area contributed by atoms with E-state index in [9.17, 15) is 27.6 Å². The number of aromatic amines is 1. The van der Waals surface area contributed by atoms with Crippen molar-refractivity contribution in [2.45, 2.75) is 25.4 Å². The van der Waals surface area contributed by atoms with Gasteiger partial charge >= 0.3 is 5.69 Å². The second-order valence-corrected chi connectivity index (χ2v) is 8.52. The van der Waals surface area contributed by atoms with E-state index in [0.29, 0.717) is 6.07 Å². The smallest absolute Gasteiger partial charge is 0.329 e. The van der Waals surface area contributed by atoms with E-state index < -0.39 is 46.7 Å². The Hall–Kier alpha value is -3.66. The van der Waals surface area contributed by atoms with Crippen molar-refractivity contribution in [3.05, 3.63) is 103 Å². The van der Waals surface area contributed by atoms with Crippen LogP contribution < -0.4 is 16.6 Å². The highest BCUT2D eigenvalue weighted by atomic mass is 32.1. The Morgan fingerprint density at radius 3 is 2.52 bits per heavy atom. The largest absolute Gasteiger partial charge is 0.348 e. The molecule has 0 aliphatic rings. The minimum atomic E-state index is -1.29. The molecule has 0 fully saturated rings. The van der Waals surface area contributed by atoms with Crippen molar-refractivity contribution in [2.24, 2.45) is 0 Å². The molecule has 4 rings (SSSR count). The van der Waals surface area contributed by atoms with Gasteiger partial charge in [-0.1, -0.05) is 12.1 Å². The topological polar surface area (TPSA) is 84.0 Å². The zero-order valence-corrected chi connectivity index (χ0v) is 18.1. The first kappa shape index (κ1) is 22.5. The Labute approximate surface area is 189 Å². The fraction of sp³-hybridized carbons (Fsp3) is 0.174. The van der Waals surface area contributed by atoms with Crippen LogP contribution in [0.3, 0.4) is 0 Å². The Bertz CT molecular complexity index is 1450. The van der Waals surface area contributed by atoms with Crippen LogP contribution in [0.25, 0.3) is 10.9 Å². The fourth-order valence-corrected chi connectivity index (χ4v) is 4.39. The van der Waals surface area contributed by atoms with E-state index in [-0.39, 0.29) is 22.9 Å². The lowest BCUT2D eigenvalue weighted by Gasteiger charge is -2.22. The van der Waals surface area contributed by atoms with Crippen LogP contribution in [0.15, 0.2) is 63.5 Å². The number of benzene rings is 2. The third-order valence-electron chi connectivity index (χ3n) is 5.27. The molecule has 2 aromatic heterocycles. The highest BCUT2D eigenvalue weighted by Gasteiger charge is 2.28. The van der Waals surface area contributed by atoms with Crippen LogP contribution in [0, 0.1) is 17.5 Å². The number of fused-ring (bicyclic) bond motifs is 1. The fourth-order valence-electron chi connectivity index (χ4n) is 3.64. The normalized spacial score (nSPS) is 13.1. The Kier molecular flexibility index (Phi) is 6.19. The number of nitrogens with zero attached hydrogens (tertiary/aromatic N) is 1. The Morgan fingerprint density at radius 1 is 1.09 bits per heavy atom. The molecule has 2 aromatic carbocycles. The molecule has 10 heteroatoms. The number of rotatable bonds is 6. The number of carbonyl (C=O) groups is 1. The summed E-state index contributed by atoms with van der Waals surface area (Å²) in [5.74, 6) is -2.98. The summed E-state index contributed by atoms with van der Waals surface area (Å²) in [4.78, 5) is 42.4. The Morgan fingerprint density at radius 2 is 1.82 bits per heavy atom. The molecule has 4 aromatic rings. The van der Waals surface area contributed by atoms with Gasteiger partial charge in [-0.15, -0.1) is 11.3 Å². The zero-order valence-electron chi connectivity index (χ0n) is 17.3. The minimum absolute atomic E-state index is 0.00588. The summed E-state index contributed by atoms with van der Waals surface area (Å²) in [5, 5.41) is 4.29. The molecular weight excluding hydrogens is 455 g/mol.